The number of carbonyl (C=O) groups is 6. The van der Waals surface area contributed by atoms with Gasteiger partial charge in [0.05, 0.1) is 67.9 Å². The van der Waals surface area contributed by atoms with E-state index < -0.39 is 41.4 Å². The molecule has 0 saturated carbocycles. The van der Waals surface area contributed by atoms with Gasteiger partial charge in [-0.1, -0.05) is 18.2 Å². The first-order valence-electron chi connectivity index (χ1n) is 13.6. The topological polar surface area (TPSA) is 158 Å². The molecule has 0 aromatic heterocycles. The number of rotatable bonds is 13. The fourth-order valence-corrected chi connectivity index (χ4v) is 4.07. The molecule has 0 radical (unpaired) electrons. The van der Waals surface area contributed by atoms with Gasteiger partial charge in [0.2, 0.25) is 0 Å². The molecule has 0 spiro atoms. The molecule has 0 unspecified atom stereocenters. The Morgan fingerprint density at radius 1 is 0.489 bits per heavy atom. The number of methoxy groups -OCH3 is 3. The van der Waals surface area contributed by atoms with Crippen molar-refractivity contribution in [2.75, 3.05) is 34.5 Å². The Labute approximate surface area is 259 Å². The summed E-state index contributed by atoms with van der Waals surface area (Å²) in [5.74, 6) is -4.11. The molecule has 0 heterocycles. The summed E-state index contributed by atoms with van der Waals surface area (Å²) in [6.45, 7) is 1.16. The number of hydrogen-bond donors (Lipinski definition) is 0. The molecule has 0 fully saturated rings. The fraction of sp³-hybridized carbons (Fsp3) is 0.273. The molecule has 0 aliphatic heterocycles. The summed E-state index contributed by atoms with van der Waals surface area (Å²) in [5.41, 5.74) is -0.561. The molecule has 0 aliphatic rings. The standard InChI is InChI=1S/C33H32O12/c1-33(45-32(39)26-13-7-10-23(20-26)29(36)42-4,14-16-43-30(37)24-11-5-8-21(18-24)27(34)40-2)15-17-44-31(38)25-12-6-9-22(19-25)28(35)41-3/h5-13,18-20H,14-17H2,1-4H3. The van der Waals surface area contributed by atoms with Gasteiger partial charge < -0.3 is 28.4 Å². The van der Waals surface area contributed by atoms with Crippen molar-refractivity contribution in [2.45, 2.75) is 25.4 Å². The normalized spacial score (nSPS) is 10.7. The van der Waals surface area contributed by atoms with E-state index >= 15 is 0 Å². The van der Waals surface area contributed by atoms with Gasteiger partial charge in [-0.15, -0.1) is 0 Å². The van der Waals surface area contributed by atoms with E-state index in [1.165, 1.54) is 94.1 Å². The molecule has 236 valence electrons. The van der Waals surface area contributed by atoms with Gasteiger partial charge in [0.1, 0.15) is 5.60 Å². The third kappa shape index (κ3) is 9.48. The van der Waals surface area contributed by atoms with Crippen LogP contribution in [0.25, 0.3) is 0 Å². The van der Waals surface area contributed by atoms with Crippen molar-refractivity contribution in [3.8, 4) is 0 Å². The van der Waals surface area contributed by atoms with Gasteiger partial charge in [-0.25, -0.2) is 28.8 Å². The molecule has 0 aliphatic carbocycles. The van der Waals surface area contributed by atoms with E-state index in [1.54, 1.807) is 6.92 Å². The molecule has 12 nitrogen and oxygen atoms in total. The Morgan fingerprint density at radius 2 is 0.778 bits per heavy atom. The quantitative estimate of drug-likeness (QED) is 0.195. The first-order chi connectivity index (χ1) is 21.5. The van der Waals surface area contributed by atoms with Crippen molar-refractivity contribution in [1.82, 2.24) is 0 Å². The van der Waals surface area contributed by atoms with E-state index in [2.05, 4.69) is 9.47 Å². The Hall–Kier alpha value is -5.52. The summed E-state index contributed by atoms with van der Waals surface area (Å²) < 4.78 is 30.7. The van der Waals surface area contributed by atoms with Crippen molar-refractivity contribution in [3.05, 3.63) is 106 Å². The maximum Gasteiger partial charge on any atom is 0.338 e. The second-order valence-corrected chi connectivity index (χ2v) is 9.83. The lowest BCUT2D eigenvalue weighted by Gasteiger charge is -2.29. The van der Waals surface area contributed by atoms with Crippen LogP contribution in [0.3, 0.4) is 0 Å². The van der Waals surface area contributed by atoms with Crippen molar-refractivity contribution < 1.29 is 57.2 Å². The zero-order valence-electron chi connectivity index (χ0n) is 25.2. The van der Waals surface area contributed by atoms with Gasteiger partial charge in [0, 0.05) is 12.8 Å². The average molecular weight is 621 g/mol. The Morgan fingerprint density at radius 3 is 1.09 bits per heavy atom. The van der Waals surface area contributed by atoms with Crippen LogP contribution in [-0.4, -0.2) is 76.0 Å². The van der Waals surface area contributed by atoms with Crippen molar-refractivity contribution >= 4 is 35.8 Å². The van der Waals surface area contributed by atoms with Crippen LogP contribution in [0.15, 0.2) is 72.8 Å². The molecule has 45 heavy (non-hydrogen) atoms. The molecule has 0 bridgehead atoms. The molecule has 12 heteroatoms. The van der Waals surface area contributed by atoms with E-state index in [-0.39, 0.29) is 59.4 Å². The van der Waals surface area contributed by atoms with Crippen molar-refractivity contribution in [1.29, 1.82) is 0 Å². The number of hydrogen-bond acceptors (Lipinski definition) is 12. The predicted molar refractivity (Wildman–Crippen MR) is 157 cm³/mol. The summed E-state index contributed by atoms with van der Waals surface area (Å²) in [6.07, 6.45) is -0.0134. The highest BCUT2D eigenvalue weighted by Crippen LogP contribution is 2.24. The van der Waals surface area contributed by atoms with Crippen LogP contribution >= 0.6 is 0 Å². The zero-order valence-corrected chi connectivity index (χ0v) is 25.2. The summed E-state index contributed by atoms with van der Waals surface area (Å²) >= 11 is 0. The van der Waals surface area contributed by atoms with E-state index in [1.807, 2.05) is 0 Å². The maximum atomic E-state index is 13.1. The lowest BCUT2D eigenvalue weighted by molar-refractivity contribution is -0.0358. The van der Waals surface area contributed by atoms with Crippen LogP contribution in [0.4, 0.5) is 0 Å². The van der Waals surface area contributed by atoms with Crippen LogP contribution in [0.5, 0.6) is 0 Å². The second kappa shape index (κ2) is 15.8. The van der Waals surface area contributed by atoms with Gasteiger partial charge in [-0.2, -0.15) is 0 Å². The summed E-state index contributed by atoms with van der Waals surface area (Å²) in [7, 11) is 3.65. The van der Waals surface area contributed by atoms with Crippen LogP contribution in [-0.2, 0) is 28.4 Å². The van der Waals surface area contributed by atoms with Gasteiger partial charge in [-0.3, -0.25) is 0 Å². The summed E-state index contributed by atoms with van der Waals surface area (Å²) in [5, 5.41) is 0. The van der Waals surface area contributed by atoms with Crippen molar-refractivity contribution in [3.63, 3.8) is 0 Å². The lowest BCUT2D eigenvalue weighted by Crippen LogP contribution is -2.35. The van der Waals surface area contributed by atoms with Gasteiger partial charge in [0.15, 0.2) is 0 Å². The molecular formula is C33H32O12. The first-order valence-corrected chi connectivity index (χ1v) is 13.6. The number of ether oxygens (including phenoxy) is 6. The third-order valence-corrected chi connectivity index (χ3v) is 6.63. The van der Waals surface area contributed by atoms with Crippen LogP contribution < -0.4 is 0 Å². The SMILES string of the molecule is COC(=O)c1cccc(C(=O)OCCC(C)(CCOC(=O)c2cccc(C(=O)OC)c2)OC(=O)c2cccc(C(=O)OC)c2)c1. The fourth-order valence-electron chi connectivity index (χ4n) is 4.07. The minimum atomic E-state index is -1.32. The van der Waals surface area contributed by atoms with Gasteiger partial charge in [-0.05, 0) is 61.5 Å². The predicted octanol–water partition coefficient (Wildman–Crippen LogP) is 4.46. The second-order valence-electron chi connectivity index (χ2n) is 9.83. The average Bonchev–Trinajstić information content (AvgIpc) is 3.07. The zero-order chi connectivity index (χ0) is 33.0. The van der Waals surface area contributed by atoms with Crippen LogP contribution in [0, 0.1) is 0 Å². The number of benzene rings is 3. The Bertz CT molecular complexity index is 1500. The third-order valence-electron chi connectivity index (χ3n) is 6.63. The molecule has 0 saturated heterocycles. The lowest BCUT2D eigenvalue weighted by atomic mass is 9.98. The van der Waals surface area contributed by atoms with Crippen LogP contribution in [0.2, 0.25) is 0 Å². The molecule has 0 N–H and O–H groups in total. The minimum Gasteiger partial charge on any atom is -0.465 e. The van der Waals surface area contributed by atoms with E-state index in [4.69, 9.17) is 18.9 Å². The summed E-state index contributed by atoms with van der Waals surface area (Å²) in [4.78, 5) is 74.1. The highest BCUT2D eigenvalue weighted by atomic mass is 16.6. The van der Waals surface area contributed by atoms with E-state index in [0.717, 1.165) is 0 Å². The minimum absolute atomic E-state index is 0.00671. The smallest absolute Gasteiger partial charge is 0.338 e. The summed E-state index contributed by atoms with van der Waals surface area (Å²) in [6, 6.07) is 17.3. The molecule has 3 aromatic rings. The van der Waals surface area contributed by atoms with E-state index in [0.29, 0.717) is 0 Å². The molecule has 0 amide bonds. The largest absolute Gasteiger partial charge is 0.465 e. The van der Waals surface area contributed by atoms with Gasteiger partial charge >= 0.3 is 35.8 Å². The number of carbonyl (C=O) groups excluding carboxylic acids is 6. The van der Waals surface area contributed by atoms with Crippen LogP contribution in [0.1, 0.15) is 81.9 Å². The maximum absolute atomic E-state index is 13.1. The first kappa shape index (κ1) is 34.0. The molecule has 3 rings (SSSR count). The molecule has 0 atom stereocenters. The Balaban J connectivity index is 1.73. The number of esters is 6. The monoisotopic (exact) mass is 620 g/mol. The highest BCUT2D eigenvalue weighted by Gasteiger charge is 2.31. The molecular weight excluding hydrogens is 588 g/mol. The van der Waals surface area contributed by atoms with Gasteiger partial charge in [0.25, 0.3) is 0 Å². The highest BCUT2D eigenvalue weighted by molar-refractivity contribution is 5.97. The molecule has 3 aromatic carbocycles. The Kier molecular flexibility index (Phi) is 11.9. The van der Waals surface area contributed by atoms with Crippen molar-refractivity contribution in [2.24, 2.45) is 0 Å². The van der Waals surface area contributed by atoms with E-state index in [9.17, 15) is 28.8 Å².